The molecule has 0 aromatic heterocycles. The summed E-state index contributed by atoms with van der Waals surface area (Å²) in [6.07, 6.45) is 0. The second-order valence-electron chi connectivity index (χ2n) is 5.59. The summed E-state index contributed by atoms with van der Waals surface area (Å²) < 4.78 is 18.6. The lowest BCUT2D eigenvalue weighted by Gasteiger charge is -2.24. The van der Waals surface area contributed by atoms with Gasteiger partial charge in [-0.1, -0.05) is 12.1 Å². The van der Waals surface area contributed by atoms with Gasteiger partial charge in [0, 0.05) is 11.4 Å². The van der Waals surface area contributed by atoms with Crippen molar-refractivity contribution in [3.63, 3.8) is 0 Å². The molecule has 1 fully saturated rings. The van der Waals surface area contributed by atoms with Gasteiger partial charge in [0.2, 0.25) is 0 Å². The van der Waals surface area contributed by atoms with Gasteiger partial charge >= 0.3 is 5.97 Å². The van der Waals surface area contributed by atoms with Crippen molar-refractivity contribution in [2.24, 2.45) is 0 Å². The predicted molar refractivity (Wildman–Crippen MR) is 75.1 cm³/mol. The molecule has 0 spiro atoms. The first-order valence-electron chi connectivity index (χ1n) is 6.21. The molecule has 1 aliphatic heterocycles. The van der Waals surface area contributed by atoms with Gasteiger partial charge in [-0.15, -0.1) is 4.31 Å². The van der Waals surface area contributed by atoms with Crippen molar-refractivity contribution in [1.29, 1.82) is 0 Å². The van der Waals surface area contributed by atoms with E-state index in [1.54, 1.807) is 12.1 Å². The molecule has 1 aliphatic rings. The van der Waals surface area contributed by atoms with Crippen LogP contribution < -0.4 is 0 Å². The van der Waals surface area contributed by atoms with Crippen molar-refractivity contribution in [3.8, 4) is 0 Å². The minimum absolute atomic E-state index is 0.201. The summed E-state index contributed by atoms with van der Waals surface area (Å²) in [5.74, 6) is -0.336. The highest BCUT2D eigenvalue weighted by molar-refractivity contribution is 7.90. The van der Waals surface area contributed by atoms with Crippen LogP contribution in [-0.2, 0) is 16.1 Å². The van der Waals surface area contributed by atoms with Crippen molar-refractivity contribution < 1.29 is 14.1 Å². The van der Waals surface area contributed by atoms with Gasteiger partial charge in [0.05, 0.1) is 25.3 Å². The van der Waals surface area contributed by atoms with Crippen LogP contribution in [0.25, 0.3) is 0 Å². The largest absolute Gasteiger partial charge is 0.597 e. The number of ether oxygens (including phenoxy) is 1. The van der Waals surface area contributed by atoms with Crippen molar-refractivity contribution in [2.45, 2.75) is 31.6 Å². The summed E-state index contributed by atoms with van der Waals surface area (Å²) in [7, 11) is 1.37. The maximum Gasteiger partial charge on any atom is 0.337 e. The highest BCUT2D eigenvalue weighted by Crippen LogP contribution is 2.41. The molecule has 3 atom stereocenters. The lowest BCUT2D eigenvalue weighted by molar-refractivity contribution is 0.0600. The number of nitrogens with zero attached hydrogens (tertiary/aromatic N) is 1. The molecule has 1 heterocycles. The van der Waals surface area contributed by atoms with E-state index in [-0.39, 0.29) is 16.8 Å². The van der Waals surface area contributed by atoms with Gasteiger partial charge in [-0.05, 0) is 38.5 Å². The second-order valence-corrected chi connectivity index (χ2v) is 7.78. The average molecular weight is 281 g/mol. The molecule has 0 bridgehead atoms. The van der Waals surface area contributed by atoms with Gasteiger partial charge < -0.3 is 9.29 Å². The third kappa shape index (κ3) is 3.11. The molecule has 104 valence electrons. The Labute approximate surface area is 117 Å². The zero-order valence-electron chi connectivity index (χ0n) is 11.7. The molecule has 19 heavy (non-hydrogen) atoms. The molecular weight excluding hydrogens is 262 g/mol. The first-order valence-corrected chi connectivity index (χ1v) is 7.32. The minimum atomic E-state index is -0.983. The monoisotopic (exact) mass is 281 g/mol. The number of hydrogen-bond acceptors (Lipinski definition) is 4. The molecular formula is C14H19NO3S. The average Bonchev–Trinajstić information content (AvgIpc) is 3.16. The van der Waals surface area contributed by atoms with Gasteiger partial charge in [-0.25, -0.2) is 4.79 Å². The van der Waals surface area contributed by atoms with Gasteiger partial charge in [0.15, 0.2) is 0 Å². The minimum Gasteiger partial charge on any atom is -0.597 e. The van der Waals surface area contributed by atoms with Crippen LogP contribution in [0.15, 0.2) is 24.3 Å². The number of carbonyl (C=O) groups is 1. The molecule has 1 aromatic carbocycles. The van der Waals surface area contributed by atoms with Crippen molar-refractivity contribution in [2.75, 3.05) is 13.7 Å². The molecule has 0 aliphatic carbocycles. The zero-order chi connectivity index (χ0) is 14.2. The number of rotatable bonds is 3. The fourth-order valence-electron chi connectivity index (χ4n) is 1.89. The van der Waals surface area contributed by atoms with Gasteiger partial charge in [-0.3, -0.25) is 0 Å². The highest BCUT2D eigenvalue weighted by atomic mass is 32.2. The number of hydrogen-bond donors (Lipinski definition) is 0. The summed E-state index contributed by atoms with van der Waals surface area (Å²) >= 11 is -0.983. The lowest BCUT2D eigenvalue weighted by Crippen LogP contribution is -2.33. The maximum absolute atomic E-state index is 12.2. The van der Waals surface area contributed by atoms with E-state index in [9.17, 15) is 9.35 Å². The van der Waals surface area contributed by atoms with Crippen molar-refractivity contribution in [3.05, 3.63) is 35.4 Å². The van der Waals surface area contributed by atoms with Crippen molar-refractivity contribution in [1.82, 2.24) is 4.31 Å². The molecule has 2 rings (SSSR count). The number of benzene rings is 1. The first-order chi connectivity index (χ1) is 8.84. The Balaban J connectivity index is 2.04. The second kappa shape index (κ2) is 5.15. The van der Waals surface area contributed by atoms with Crippen LogP contribution in [0.3, 0.4) is 0 Å². The van der Waals surface area contributed by atoms with Crippen LogP contribution in [0, 0.1) is 0 Å². The van der Waals surface area contributed by atoms with E-state index >= 15 is 0 Å². The van der Waals surface area contributed by atoms with E-state index < -0.39 is 11.4 Å². The van der Waals surface area contributed by atoms with Crippen LogP contribution in [0.2, 0.25) is 0 Å². The van der Waals surface area contributed by atoms with Crippen molar-refractivity contribution >= 4 is 17.3 Å². The molecule has 0 N–H and O–H groups in total. The van der Waals surface area contributed by atoms with Crippen LogP contribution in [0.1, 0.15) is 42.7 Å². The fraction of sp³-hybridized carbons (Fsp3) is 0.500. The molecule has 0 radical (unpaired) electrons. The van der Waals surface area contributed by atoms with E-state index in [0.717, 1.165) is 12.1 Å². The standard InChI is InChI=1S/C14H19NO3S/c1-14(2,3)19(17)15-9-12(15)10-5-7-11(8-6-10)13(16)18-4/h5-8,12H,9H2,1-4H3/t12-,15?,19?/m1/s1. The quantitative estimate of drug-likeness (QED) is 0.484. The summed E-state index contributed by atoms with van der Waals surface area (Å²) in [4.78, 5) is 11.3. The SMILES string of the molecule is COC(=O)c1ccc([C@H]2CN2[S+]([O-])C(C)(C)C)cc1. The molecule has 1 saturated heterocycles. The Bertz CT molecular complexity index is 467. The highest BCUT2D eigenvalue weighted by Gasteiger charge is 2.49. The lowest BCUT2D eigenvalue weighted by atomic mass is 10.1. The third-order valence-corrected chi connectivity index (χ3v) is 4.90. The van der Waals surface area contributed by atoms with Crippen LogP contribution in [0.4, 0.5) is 0 Å². The Kier molecular flexibility index (Phi) is 3.90. The Hall–Kier alpha value is -1.04. The summed E-state index contributed by atoms with van der Waals surface area (Å²) in [6, 6.07) is 7.50. The molecule has 4 nitrogen and oxygen atoms in total. The van der Waals surface area contributed by atoms with E-state index in [4.69, 9.17) is 0 Å². The fourth-order valence-corrected chi connectivity index (χ4v) is 3.22. The van der Waals surface area contributed by atoms with Gasteiger partial charge in [0.1, 0.15) is 4.75 Å². The Morgan fingerprint density at radius 1 is 1.37 bits per heavy atom. The zero-order valence-corrected chi connectivity index (χ0v) is 12.5. The van der Waals surface area contributed by atoms with Crippen LogP contribution >= 0.6 is 0 Å². The van der Waals surface area contributed by atoms with Gasteiger partial charge in [0.25, 0.3) is 0 Å². The topological polar surface area (TPSA) is 52.4 Å². The number of carbonyl (C=O) groups excluding carboxylic acids is 1. The van der Waals surface area contributed by atoms with E-state index in [1.165, 1.54) is 7.11 Å². The van der Waals surface area contributed by atoms with E-state index in [0.29, 0.717) is 5.56 Å². The van der Waals surface area contributed by atoms with E-state index in [1.807, 2.05) is 37.2 Å². The molecule has 2 unspecified atom stereocenters. The molecule has 1 aromatic rings. The van der Waals surface area contributed by atoms with Crippen LogP contribution in [-0.4, -0.2) is 33.2 Å². The maximum atomic E-state index is 12.2. The Morgan fingerprint density at radius 2 is 1.95 bits per heavy atom. The van der Waals surface area contributed by atoms with Gasteiger partial charge in [-0.2, -0.15) is 0 Å². The summed E-state index contributed by atoms with van der Waals surface area (Å²) in [5.41, 5.74) is 1.63. The Morgan fingerprint density at radius 3 is 2.42 bits per heavy atom. The normalized spacial score (nSPS) is 23.8. The number of methoxy groups -OCH3 is 1. The molecule has 5 heteroatoms. The summed E-state index contributed by atoms with van der Waals surface area (Å²) in [5, 5.41) is 0. The predicted octanol–water partition coefficient (Wildman–Crippen LogP) is 2.29. The van der Waals surface area contributed by atoms with E-state index in [2.05, 4.69) is 4.74 Å². The molecule has 0 saturated carbocycles. The number of esters is 1. The van der Waals surface area contributed by atoms with Crippen LogP contribution in [0.5, 0.6) is 0 Å². The summed E-state index contributed by atoms with van der Waals surface area (Å²) in [6.45, 7) is 6.72. The first kappa shape index (κ1) is 14.4. The smallest absolute Gasteiger partial charge is 0.337 e. The third-order valence-electron chi connectivity index (χ3n) is 3.02. The molecule has 0 amide bonds.